The van der Waals surface area contributed by atoms with Gasteiger partial charge in [0.1, 0.15) is 0 Å². The van der Waals surface area contributed by atoms with Crippen molar-refractivity contribution >= 4 is 15.9 Å². The highest BCUT2D eigenvalue weighted by molar-refractivity contribution is 9.10. The molecule has 1 aliphatic carbocycles. The van der Waals surface area contributed by atoms with E-state index in [0.717, 1.165) is 23.5 Å². The van der Waals surface area contributed by atoms with Gasteiger partial charge in [-0.1, -0.05) is 19.8 Å². The van der Waals surface area contributed by atoms with E-state index in [2.05, 4.69) is 44.9 Å². The topological polar surface area (TPSA) is 29.9 Å². The number of nitrogens with one attached hydrogen (secondary N) is 1. The molecule has 0 saturated heterocycles. The summed E-state index contributed by atoms with van der Waals surface area (Å²) in [4.78, 5) is 0. The van der Waals surface area contributed by atoms with Crippen molar-refractivity contribution < 1.29 is 0 Å². The lowest BCUT2D eigenvalue weighted by molar-refractivity contribution is 0.345. The molecule has 0 spiro atoms. The number of nitrogens with zero attached hydrogens (tertiary/aromatic N) is 2. The van der Waals surface area contributed by atoms with Crippen molar-refractivity contribution in [2.24, 2.45) is 5.92 Å². The lowest BCUT2D eigenvalue weighted by atomic mass is 9.95. The van der Waals surface area contributed by atoms with Gasteiger partial charge >= 0.3 is 0 Å². The van der Waals surface area contributed by atoms with Gasteiger partial charge in [0.25, 0.3) is 0 Å². The third-order valence-corrected chi connectivity index (χ3v) is 4.52. The second-order valence-electron chi connectivity index (χ2n) is 5.17. The summed E-state index contributed by atoms with van der Waals surface area (Å²) in [5, 5.41) is 8.20. The van der Waals surface area contributed by atoms with Crippen molar-refractivity contribution in [2.45, 2.75) is 58.5 Å². The van der Waals surface area contributed by atoms with Crippen molar-refractivity contribution in [1.29, 1.82) is 0 Å². The van der Waals surface area contributed by atoms with Crippen LogP contribution >= 0.6 is 15.9 Å². The maximum absolute atomic E-state index is 4.46. The molecular weight excluding hydrogens is 290 g/mol. The first-order valence-electron chi connectivity index (χ1n) is 7.22. The van der Waals surface area contributed by atoms with E-state index in [1.54, 1.807) is 0 Å². The molecule has 4 heteroatoms. The summed E-state index contributed by atoms with van der Waals surface area (Å²) in [6.45, 7) is 6.42. The fourth-order valence-electron chi connectivity index (χ4n) is 3.01. The van der Waals surface area contributed by atoms with E-state index in [-0.39, 0.29) is 0 Å². The SMILES string of the molecule is CCCNC(c1c(Br)cnn1CC)C1CCCC1. The molecule has 1 aromatic rings. The largest absolute Gasteiger partial charge is 0.308 e. The molecule has 1 N–H and O–H groups in total. The molecule has 0 radical (unpaired) electrons. The molecule has 3 nitrogen and oxygen atoms in total. The predicted molar refractivity (Wildman–Crippen MR) is 78.6 cm³/mol. The molecule has 1 atom stereocenters. The van der Waals surface area contributed by atoms with Crippen LogP contribution in [0.4, 0.5) is 0 Å². The van der Waals surface area contributed by atoms with Gasteiger partial charge in [0.15, 0.2) is 0 Å². The molecule has 0 aliphatic heterocycles. The highest BCUT2D eigenvalue weighted by Crippen LogP contribution is 2.38. The van der Waals surface area contributed by atoms with E-state index >= 15 is 0 Å². The Morgan fingerprint density at radius 2 is 2.17 bits per heavy atom. The normalized spacial score (nSPS) is 18.4. The Hall–Kier alpha value is -0.350. The third-order valence-electron chi connectivity index (χ3n) is 3.91. The number of aryl methyl sites for hydroxylation is 1. The number of hydrogen-bond donors (Lipinski definition) is 1. The predicted octanol–water partition coefficient (Wildman–Crippen LogP) is 3.90. The molecule has 1 aliphatic rings. The molecule has 0 aromatic carbocycles. The zero-order valence-corrected chi connectivity index (χ0v) is 13.0. The first-order valence-corrected chi connectivity index (χ1v) is 8.01. The van der Waals surface area contributed by atoms with Crippen LogP contribution in [-0.4, -0.2) is 16.3 Å². The lowest BCUT2D eigenvalue weighted by Gasteiger charge is -2.26. The lowest BCUT2D eigenvalue weighted by Crippen LogP contribution is -2.30. The molecule has 1 heterocycles. The van der Waals surface area contributed by atoms with Gasteiger partial charge in [0.05, 0.1) is 22.4 Å². The molecule has 102 valence electrons. The zero-order chi connectivity index (χ0) is 13.0. The minimum Gasteiger partial charge on any atom is -0.308 e. The number of rotatable bonds is 6. The first-order chi connectivity index (χ1) is 8.77. The van der Waals surface area contributed by atoms with Crippen molar-refractivity contribution in [2.75, 3.05) is 6.54 Å². The molecule has 0 amide bonds. The molecule has 1 aromatic heterocycles. The van der Waals surface area contributed by atoms with Gasteiger partial charge in [-0.2, -0.15) is 5.10 Å². The van der Waals surface area contributed by atoms with Crippen LogP contribution in [0.1, 0.15) is 57.7 Å². The van der Waals surface area contributed by atoms with E-state index in [1.807, 2.05) is 6.20 Å². The highest BCUT2D eigenvalue weighted by atomic mass is 79.9. The van der Waals surface area contributed by atoms with Gasteiger partial charge in [0, 0.05) is 6.54 Å². The average Bonchev–Trinajstić information content (AvgIpc) is 3.01. The van der Waals surface area contributed by atoms with Crippen molar-refractivity contribution in [3.05, 3.63) is 16.4 Å². The minimum atomic E-state index is 0.462. The van der Waals surface area contributed by atoms with E-state index < -0.39 is 0 Å². The van der Waals surface area contributed by atoms with Crippen LogP contribution in [-0.2, 0) is 6.54 Å². The van der Waals surface area contributed by atoms with Gasteiger partial charge in [-0.05, 0) is 54.6 Å². The molecular formula is C14H24BrN3. The zero-order valence-electron chi connectivity index (χ0n) is 11.5. The number of halogens is 1. The van der Waals surface area contributed by atoms with Crippen LogP contribution < -0.4 is 5.32 Å². The fourth-order valence-corrected chi connectivity index (χ4v) is 3.55. The van der Waals surface area contributed by atoms with Gasteiger partial charge in [0.2, 0.25) is 0 Å². The van der Waals surface area contributed by atoms with E-state index in [9.17, 15) is 0 Å². The summed E-state index contributed by atoms with van der Waals surface area (Å²) in [5.74, 6) is 0.773. The van der Waals surface area contributed by atoms with Crippen LogP contribution in [0, 0.1) is 5.92 Å². The maximum atomic E-state index is 4.46. The van der Waals surface area contributed by atoms with Crippen LogP contribution in [0.15, 0.2) is 10.7 Å². The molecule has 1 fully saturated rings. The molecule has 0 bridgehead atoms. The van der Waals surface area contributed by atoms with Gasteiger partial charge in [-0.15, -0.1) is 0 Å². The Morgan fingerprint density at radius 1 is 1.44 bits per heavy atom. The standard InChI is InChI=1S/C14H24BrN3/c1-3-9-16-13(11-7-5-6-8-11)14-12(15)10-17-18(14)4-2/h10-11,13,16H,3-9H2,1-2H3. The summed E-state index contributed by atoms with van der Waals surface area (Å²) in [6.07, 6.45) is 8.58. The third kappa shape index (κ3) is 2.97. The Bertz CT molecular complexity index is 369. The summed E-state index contributed by atoms with van der Waals surface area (Å²) in [7, 11) is 0. The van der Waals surface area contributed by atoms with Crippen LogP contribution in [0.5, 0.6) is 0 Å². The monoisotopic (exact) mass is 313 g/mol. The molecule has 2 rings (SSSR count). The summed E-state index contributed by atoms with van der Waals surface area (Å²) >= 11 is 3.67. The van der Waals surface area contributed by atoms with Gasteiger partial charge in [-0.3, -0.25) is 4.68 Å². The van der Waals surface area contributed by atoms with Crippen LogP contribution in [0.2, 0.25) is 0 Å². The second kappa shape index (κ2) is 6.71. The van der Waals surface area contributed by atoms with Crippen molar-refractivity contribution in [3.63, 3.8) is 0 Å². The van der Waals surface area contributed by atoms with Crippen molar-refractivity contribution in [3.8, 4) is 0 Å². The van der Waals surface area contributed by atoms with Gasteiger partial charge in [-0.25, -0.2) is 0 Å². The Morgan fingerprint density at radius 3 is 2.78 bits per heavy atom. The number of aromatic nitrogens is 2. The number of hydrogen-bond acceptors (Lipinski definition) is 2. The summed E-state index contributed by atoms with van der Waals surface area (Å²) in [6, 6.07) is 0.462. The Labute approximate surface area is 118 Å². The Kier molecular flexibility index (Phi) is 5.25. The van der Waals surface area contributed by atoms with E-state index in [1.165, 1.54) is 37.8 Å². The molecule has 1 saturated carbocycles. The molecule has 18 heavy (non-hydrogen) atoms. The quantitative estimate of drug-likeness (QED) is 0.863. The summed E-state index contributed by atoms with van der Waals surface area (Å²) in [5.41, 5.74) is 1.35. The van der Waals surface area contributed by atoms with E-state index in [0.29, 0.717) is 6.04 Å². The highest BCUT2D eigenvalue weighted by Gasteiger charge is 2.29. The van der Waals surface area contributed by atoms with Crippen molar-refractivity contribution in [1.82, 2.24) is 15.1 Å². The summed E-state index contributed by atoms with van der Waals surface area (Å²) < 4.78 is 3.29. The average molecular weight is 314 g/mol. The maximum Gasteiger partial charge on any atom is 0.0698 e. The smallest absolute Gasteiger partial charge is 0.0698 e. The Balaban J connectivity index is 2.23. The van der Waals surface area contributed by atoms with Crippen LogP contribution in [0.3, 0.4) is 0 Å². The fraction of sp³-hybridized carbons (Fsp3) is 0.786. The van der Waals surface area contributed by atoms with E-state index in [4.69, 9.17) is 0 Å². The van der Waals surface area contributed by atoms with Crippen LogP contribution in [0.25, 0.3) is 0 Å². The minimum absolute atomic E-state index is 0.462. The first kappa shape index (κ1) is 14.1. The van der Waals surface area contributed by atoms with Gasteiger partial charge < -0.3 is 5.32 Å². The second-order valence-corrected chi connectivity index (χ2v) is 6.02. The molecule has 1 unspecified atom stereocenters.